The lowest BCUT2D eigenvalue weighted by atomic mass is 10.3. The smallest absolute Gasteiger partial charge is 0.183 e. The molecule has 0 atom stereocenters. The Hall–Kier alpha value is -1.17. The van der Waals surface area contributed by atoms with Gasteiger partial charge in [0.1, 0.15) is 0 Å². The van der Waals surface area contributed by atoms with Crippen LogP contribution in [0.1, 0.15) is 0 Å². The predicted octanol–water partition coefficient (Wildman–Crippen LogP) is 1.94. The molecule has 1 heterocycles. The minimum Gasteiger partial charge on any atom is -0.383 e. The highest BCUT2D eigenvalue weighted by molar-refractivity contribution is 7.22. The van der Waals surface area contributed by atoms with E-state index < -0.39 is 0 Å². The van der Waals surface area contributed by atoms with E-state index in [1.165, 1.54) is 4.70 Å². The minimum absolute atomic E-state index is 0.751. The maximum Gasteiger partial charge on any atom is 0.183 e. The van der Waals surface area contributed by atoms with Gasteiger partial charge in [0.15, 0.2) is 5.13 Å². The summed E-state index contributed by atoms with van der Waals surface area (Å²) in [5.74, 6) is 0. The van der Waals surface area contributed by atoms with E-state index in [1.54, 1.807) is 18.4 Å². The van der Waals surface area contributed by atoms with Crippen molar-refractivity contribution >= 4 is 26.7 Å². The summed E-state index contributed by atoms with van der Waals surface area (Å²) in [6.45, 7) is 3.43. The van der Waals surface area contributed by atoms with Crippen molar-refractivity contribution in [1.82, 2.24) is 10.3 Å². The van der Waals surface area contributed by atoms with Crippen molar-refractivity contribution in [2.75, 3.05) is 38.7 Å². The predicted molar refractivity (Wildman–Crippen MR) is 72.9 cm³/mol. The Morgan fingerprint density at radius 2 is 2.12 bits per heavy atom. The van der Waals surface area contributed by atoms with Crippen LogP contribution in [-0.2, 0) is 4.74 Å². The number of methoxy groups -OCH3 is 1. The van der Waals surface area contributed by atoms with E-state index in [2.05, 4.69) is 21.7 Å². The molecule has 0 aliphatic heterocycles. The monoisotopic (exact) mass is 251 g/mol. The number of anilines is 1. The number of benzene rings is 1. The van der Waals surface area contributed by atoms with E-state index in [4.69, 9.17) is 4.74 Å². The molecule has 5 heteroatoms. The summed E-state index contributed by atoms with van der Waals surface area (Å²) in [6.07, 6.45) is 0. The van der Waals surface area contributed by atoms with E-state index in [-0.39, 0.29) is 0 Å². The van der Waals surface area contributed by atoms with Gasteiger partial charge < -0.3 is 15.4 Å². The molecule has 2 rings (SSSR count). The number of fused-ring (bicyclic) bond motifs is 1. The SMILES string of the molecule is COCCNCCNc1nc2ccccc2s1. The molecule has 1 aromatic heterocycles. The van der Waals surface area contributed by atoms with Crippen molar-refractivity contribution in [1.29, 1.82) is 0 Å². The van der Waals surface area contributed by atoms with Crippen molar-refractivity contribution in [2.24, 2.45) is 0 Å². The van der Waals surface area contributed by atoms with E-state index in [0.29, 0.717) is 0 Å². The fourth-order valence-corrected chi connectivity index (χ4v) is 2.40. The second-order valence-corrected chi connectivity index (χ2v) is 4.69. The van der Waals surface area contributed by atoms with Gasteiger partial charge >= 0.3 is 0 Å². The van der Waals surface area contributed by atoms with Crippen LogP contribution in [0.25, 0.3) is 10.2 Å². The Labute approximate surface area is 105 Å². The third-order valence-electron chi connectivity index (χ3n) is 2.35. The topological polar surface area (TPSA) is 46.2 Å². The molecule has 0 aliphatic carbocycles. The number of ether oxygens (including phenoxy) is 1. The van der Waals surface area contributed by atoms with Crippen molar-refractivity contribution in [3.05, 3.63) is 24.3 Å². The van der Waals surface area contributed by atoms with Gasteiger partial charge in [0.05, 0.1) is 16.8 Å². The number of aromatic nitrogens is 1. The Bertz CT molecular complexity index is 425. The molecule has 0 saturated heterocycles. The Balaban J connectivity index is 1.75. The fraction of sp³-hybridized carbons (Fsp3) is 0.417. The lowest BCUT2D eigenvalue weighted by Crippen LogP contribution is -2.25. The zero-order valence-electron chi connectivity index (χ0n) is 9.90. The standard InChI is InChI=1S/C12H17N3OS/c1-16-9-8-13-6-7-14-12-15-10-4-2-3-5-11(10)17-12/h2-5,13H,6-9H2,1H3,(H,14,15). The molecule has 2 N–H and O–H groups in total. The zero-order valence-corrected chi connectivity index (χ0v) is 10.7. The Morgan fingerprint density at radius 1 is 1.24 bits per heavy atom. The molecule has 0 fully saturated rings. The second-order valence-electron chi connectivity index (χ2n) is 3.66. The highest BCUT2D eigenvalue weighted by Gasteiger charge is 2.01. The number of para-hydroxylation sites is 1. The first-order valence-electron chi connectivity index (χ1n) is 5.69. The summed E-state index contributed by atoms with van der Waals surface area (Å²) in [5.41, 5.74) is 1.06. The molecule has 1 aromatic carbocycles. The molecule has 0 saturated carbocycles. The molecule has 0 unspecified atom stereocenters. The summed E-state index contributed by atoms with van der Waals surface area (Å²) in [6, 6.07) is 8.18. The van der Waals surface area contributed by atoms with E-state index in [0.717, 1.165) is 36.9 Å². The van der Waals surface area contributed by atoms with Gasteiger partial charge in [0.2, 0.25) is 0 Å². The van der Waals surface area contributed by atoms with Gasteiger partial charge in [-0.15, -0.1) is 0 Å². The fourth-order valence-electron chi connectivity index (χ4n) is 1.50. The first-order chi connectivity index (χ1) is 8.40. The lowest BCUT2D eigenvalue weighted by Gasteiger charge is -2.04. The summed E-state index contributed by atoms with van der Waals surface area (Å²) in [7, 11) is 1.71. The molecule has 17 heavy (non-hydrogen) atoms. The number of thiazole rings is 1. The molecule has 4 nitrogen and oxygen atoms in total. The van der Waals surface area contributed by atoms with Crippen molar-refractivity contribution in [2.45, 2.75) is 0 Å². The molecule has 0 amide bonds. The molecule has 0 radical (unpaired) electrons. The molecule has 92 valence electrons. The normalized spacial score (nSPS) is 10.9. The first-order valence-corrected chi connectivity index (χ1v) is 6.51. The number of hydrogen-bond acceptors (Lipinski definition) is 5. The van der Waals surface area contributed by atoms with Gasteiger partial charge in [0, 0.05) is 26.7 Å². The molecule has 0 aliphatic rings. The van der Waals surface area contributed by atoms with Gasteiger partial charge in [-0.1, -0.05) is 23.5 Å². The van der Waals surface area contributed by atoms with Crippen LogP contribution in [0.2, 0.25) is 0 Å². The highest BCUT2D eigenvalue weighted by atomic mass is 32.1. The van der Waals surface area contributed by atoms with Crippen LogP contribution in [-0.4, -0.2) is 38.3 Å². The first kappa shape index (κ1) is 12.3. The van der Waals surface area contributed by atoms with Crippen molar-refractivity contribution in [3.8, 4) is 0 Å². The maximum atomic E-state index is 4.95. The summed E-state index contributed by atoms with van der Waals surface area (Å²) < 4.78 is 6.18. The average molecular weight is 251 g/mol. The van der Waals surface area contributed by atoms with E-state index >= 15 is 0 Å². The van der Waals surface area contributed by atoms with E-state index in [1.807, 2.05) is 18.2 Å². The molecular weight excluding hydrogens is 234 g/mol. The van der Waals surface area contributed by atoms with Gasteiger partial charge in [-0.3, -0.25) is 0 Å². The highest BCUT2D eigenvalue weighted by Crippen LogP contribution is 2.24. The van der Waals surface area contributed by atoms with Crippen molar-refractivity contribution in [3.63, 3.8) is 0 Å². The largest absolute Gasteiger partial charge is 0.383 e. The molecule has 0 bridgehead atoms. The minimum atomic E-state index is 0.751. The summed E-state index contributed by atoms with van der Waals surface area (Å²) >= 11 is 1.69. The number of nitrogens with one attached hydrogen (secondary N) is 2. The van der Waals surface area contributed by atoms with Gasteiger partial charge in [-0.25, -0.2) is 4.98 Å². The average Bonchev–Trinajstić information content (AvgIpc) is 2.76. The quantitative estimate of drug-likeness (QED) is 0.738. The van der Waals surface area contributed by atoms with Crippen LogP contribution in [0.4, 0.5) is 5.13 Å². The number of hydrogen-bond donors (Lipinski definition) is 2. The Morgan fingerprint density at radius 3 is 2.94 bits per heavy atom. The van der Waals surface area contributed by atoms with E-state index in [9.17, 15) is 0 Å². The molecular formula is C12H17N3OS. The summed E-state index contributed by atoms with van der Waals surface area (Å²) in [5, 5.41) is 7.58. The van der Waals surface area contributed by atoms with Crippen molar-refractivity contribution < 1.29 is 4.74 Å². The third kappa shape index (κ3) is 3.66. The van der Waals surface area contributed by atoms with Crippen LogP contribution >= 0.6 is 11.3 Å². The van der Waals surface area contributed by atoms with Gasteiger partial charge in [-0.2, -0.15) is 0 Å². The van der Waals surface area contributed by atoms with Crippen LogP contribution in [0.3, 0.4) is 0 Å². The van der Waals surface area contributed by atoms with Crippen LogP contribution in [0.15, 0.2) is 24.3 Å². The van der Waals surface area contributed by atoms with Crippen LogP contribution in [0, 0.1) is 0 Å². The Kier molecular flexibility index (Phi) is 4.73. The van der Waals surface area contributed by atoms with Crippen LogP contribution < -0.4 is 10.6 Å². The van der Waals surface area contributed by atoms with Gasteiger partial charge in [-0.05, 0) is 12.1 Å². The number of nitrogens with zero attached hydrogens (tertiary/aromatic N) is 1. The summed E-state index contributed by atoms with van der Waals surface area (Å²) in [4.78, 5) is 4.50. The zero-order chi connectivity index (χ0) is 11.9. The number of rotatable bonds is 7. The lowest BCUT2D eigenvalue weighted by molar-refractivity contribution is 0.200. The molecule has 2 aromatic rings. The molecule has 0 spiro atoms. The maximum absolute atomic E-state index is 4.95. The second kappa shape index (κ2) is 6.54. The van der Waals surface area contributed by atoms with Gasteiger partial charge in [0.25, 0.3) is 0 Å². The van der Waals surface area contributed by atoms with Crippen LogP contribution in [0.5, 0.6) is 0 Å². The third-order valence-corrected chi connectivity index (χ3v) is 3.35.